The van der Waals surface area contributed by atoms with E-state index >= 15 is 0 Å². The number of nitrogens with two attached hydrogens (primary N) is 1. The highest BCUT2D eigenvalue weighted by molar-refractivity contribution is 5.30. The van der Waals surface area contributed by atoms with Crippen molar-refractivity contribution in [2.75, 3.05) is 13.2 Å². The first-order valence-electron chi connectivity index (χ1n) is 5.00. The average molecular weight is 192 g/mol. The van der Waals surface area contributed by atoms with E-state index in [9.17, 15) is 0 Å². The summed E-state index contributed by atoms with van der Waals surface area (Å²) in [5, 5.41) is 0. The second kappa shape index (κ2) is 3.67. The molecular formula is C11H16N2O. The SMILES string of the molecule is Cc1cnccc1C1(N)CCCOC1. The second-order valence-electron chi connectivity index (χ2n) is 4.00. The van der Waals surface area contributed by atoms with Gasteiger partial charge in [-0.15, -0.1) is 0 Å². The Morgan fingerprint density at radius 2 is 2.43 bits per heavy atom. The van der Waals surface area contributed by atoms with Crippen molar-refractivity contribution in [2.45, 2.75) is 25.3 Å². The van der Waals surface area contributed by atoms with Crippen LogP contribution in [0.1, 0.15) is 24.0 Å². The van der Waals surface area contributed by atoms with Gasteiger partial charge < -0.3 is 10.5 Å². The normalized spacial score (nSPS) is 27.6. The van der Waals surface area contributed by atoms with Crippen molar-refractivity contribution in [2.24, 2.45) is 5.73 Å². The third kappa shape index (κ3) is 1.65. The van der Waals surface area contributed by atoms with Crippen LogP contribution in [0.25, 0.3) is 0 Å². The lowest BCUT2D eigenvalue weighted by Crippen LogP contribution is -2.45. The third-order valence-electron chi connectivity index (χ3n) is 2.83. The fourth-order valence-corrected chi connectivity index (χ4v) is 2.06. The summed E-state index contributed by atoms with van der Waals surface area (Å²) in [5.41, 5.74) is 8.35. The first kappa shape index (κ1) is 9.62. The van der Waals surface area contributed by atoms with Crippen LogP contribution in [0.5, 0.6) is 0 Å². The highest BCUT2D eigenvalue weighted by Gasteiger charge is 2.31. The van der Waals surface area contributed by atoms with Crippen LogP contribution in [0, 0.1) is 6.92 Å². The zero-order valence-electron chi connectivity index (χ0n) is 8.49. The quantitative estimate of drug-likeness (QED) is 0.730. The van der Waals surface area contributed by atoms with E-state index in [0.717, 1.165) is 25.0 Å². The van der Waals surface area contributed by atoms with E-state index in [4.69, 9.17) is 10.5 Å². The van der Waals surface area contributed by atoms with Gasteiger partial charge in [0.1, 0.15) is 0 Å². The van der Waals surface area contributed by atoms with Crippen LogP contribution in [0.15, 0.2) is 18.5 Å². The van der Waals surface area contributed by atoms with E-state index in [0.29, 0.717) is 6.61 Å². The predicted octanol–water partition coefficient (Wildman–Crippen LogP) is 1.35. The molecule has 1 aliphatic heterocycles. The molecule has 14 heavy (non-hydrogen) atoms. The molecule has 1 saturated heterocycles. The minimum Gasteiger partial charge on any atom is -0.379 e. The Bertz CT molecular complexity index is 319. The summed E-state index contributed by atoms with van der Waals surface area (Å²) in [6, 6.07) is 2.00. The van der Waals surface area contributed by atoms with Crippen molar-refractivity contribution in [1.29, 1.82) is 0 Å². The van der Waals surface area contributed by atoms with E-state index in [1.165, 1.54) is 5.56 Å². The molecule has 1 atom stereocenters. The van der Waals surface area contributed by atoms with E-state index in [2.05, 4.69) is 4.98 Å². The summed E-state index contributed by atoms with van der Waals surface area (Å²) in [6.07, 6.45) is 5.69. The topological polar surface area (TPSA) is 48.1 Å². The van der Waals surface area contributed by atoms with Gasteiger partial charge in [0.15, 0.2) is 0 Å². The van der Waals surface area contributed by atoms with Gasteiger partial charge in [0.2, 0.25) is 0 Å². The standard InChI is InChI=1S/C11H16N2O/c1-9-7-13-5-3-10(9)11(12)4-2-6-14-8-11/h3,5,7H,2,4,6,8,12H2,1H3. The second-order valence-corrected chi connectivity index (χ2v) is 4.00. The molecule has 2 N–H and O–H groups in total. The lowest BCUT2D eigenvalue weighted by molar-refractivity contribution is 0.0364. The van der Waals surface area contributed by atoms with E-state index < -0.39 is 0 Å². The van der Waals surface area contributed by atoms with Gasteiger partial charge >= 0.3 is 0 Å². The van der Waals surface area contributed by atoms with Gasteiger partial charge in [-0.1, -0.05) is 0 Å². The maximum Gasteiger partial charge on any atom is 0.0688 e. The molecule has 1 fully saturated rings. The number of rotatable bonds is 1. The molecule has 0 amide bonds. The lowest BCUT2D eigenvalue weighted by Gasteiger charge is -2.34. The number of hydrogen-bond acceptors (Lipinski definition) is 3. The van der Waals surface area contributed by atoms with Gasteiger partial charge in [-0.2, -0.15) is 0 Å². The zero-order chi connectivity index (χ0) is 10.0. The van der Waals surface area contributed by atoms with Crippen LogP contribution < -0.4 is 5.73 Å². The number of aryl methyl sites for hydroxylation is 1. The predicted molar refractivity (Wildman–Crippen MR) is 54.9 cm³/mol. The molecule has 3 nitrogen and oxygen atoms in total. The molecule has 2 heterocycles. The van der Waals surface area contributed by atoms with E-state index in [-0.39, 0.29) is 5.54 Å². The third-order valence-corrected chi connectivity index (χ3v) is 2.83. The first-order chi connectivity index (χ1) is 6.72. The minimum absolute atomic E-state index is 0.300. The number of nitrogens with zero attached hydrogens (tertiary/aromatic N) is 1. The van der Waals surface area contributed by atoms with Crippen LogP contribution in [-0.2, 0) is 10.3 Å². The largest absolute Gasteiger partial charge is 0.379 e. The first-order valence-corrected chi connectivity index (χ1v) is 5.00. The zero-order valence-corrected chi connectivity index (χ0v) is 8.49. The van der Waals surface area contributed by atoms with Gasteiger partial charge in [-0.25, -0.2) is 0 Å². The molecule has 1 aliphatic rings. The molecule has 0 radical (unpaired) electrons. The fraction of sp³-hybridized carbons (Fsp3) is 0.545. The highest BCUT2D eigenvalue weighted by Crippen LogP contribution is 2.29. The average Bonchev–Trinajstić information content (AvgIpc) is 2.19. The maximum atomic E-state index is 6.33. The Kier molecular flexibility index (Phi) is 2.52. The molecule has 1 aromatic rings. The van der Waals surface area contributed by atoms with Gasteiger partial charge in [0.25, 0.3) is 0 Å². The Morgan fingerprint density at radius 1 is 1.57 bits per heavy atom. The molecule has 0 bridgehead atoms. The number of ether oxygens (including phenoxy) is 1. The Balaban J connectivity index is 2.32. The summed E-state index contributed by atoms with van der Waals surface area (Å²) >= 11 is 0. The Labute approximate surface area is 84.3 Å². The van der Waals surface area contributed by atoms with Crippen molar-refractivity contribution in [3.8, 4) is 0 Å². The Morgan fingerprint density at radius 3 is 3.07 bits per heavy atom. The van der Waals surface area contributed by atoms with Crippen LogP contribution in [0.3, 0.4) is 0 Å². The molecule has 1 aromatic heterocycles. The smallest absolute Gasteiger partial charge is 0.0688 e. The summed E-state index contributed by atoms with van der Waals surface area (Å²) in [7, 11) is 0. The highest BCUT2D eigenvalue weighted by atomic mass is 16.5. The summed E-state index contributed by atoms with van der Waals surface area (Å²) in [5.74, 6) is 0. The number of hydrogen-bond donors (Lipinski definition) is 1. The Hall–Kier alpha value is -0.930. The van der Waals surface area contributed by atoms with Gasteiger partial charge in [-0.05, 0) is 37.0 Å². The molecule has 0 aliphatic carbocycles. The maximum absolute atomic E-state index is 6.33. The molecule has 2 rings (SSSR count). The molecular weight excluding hydrogens is 176 g/mol. The van der Waals surface area contributed by atoms with Crippen LogP contribution >= 0.6 is 0 Å². The van der Waals surface area contributed by atoms with Gasteiger partial charge in [0.05, 0.1) is 12.1 Å². The summed E-state index contributed by atoms with van der Waals surface area (Å²) in [4.78, 5) is 4.07. The van der Waals surface area contributed by atoms with Gasteiger partial charge in [-0.3, -0.25) is 4.98 Å². The van der Waals surface area contributed by atoms with Gasteiger partial charge in [0, 0.05) is 19.0 Å². The number of pyridine rings is 1. The fourth-order valence-electron chi connectivity index (χ4n) is 2.06. The molecule has 76 valence electrons. The van der Waals surface area contributed by atoms with Crippen molar-refractivity contribution >= 4 is 0 Å². The van der Waals surface area contributed by atoms with Crippen molar-refractivity contribution in [3.63, 3.8) is 0 Å². The summed E-state index contributed by atoms with van der Waals surface area (Å²) < 4.78 is 5.45. The monoisotopic (exact) mass is 192 g/mol. The van der Waals surface area contributed by atoms with Crippen LogP contribution in [-0.4, -0.2) is 18.2 Å². The molecule has 1 unspecified atom stereocenters. The van der Waals surface area contributed by atoms with E-state index in [1.807, 2.05) is 19.2 Å². The number of aromatic nitrogens is 1. The summed E-state index contributed by atoms with van der Waals surface area (Å²) in [6.45, 7) is 3.51. The lowest BCUT2D eigenvalue weighted by atomic mass is 9.84. The van der Waals surface area contributed by atoms with Crippen molar-refractivity contribution in [3.05, 3.63) is 29.6 Å². The molecule has 3 heteroatoms. The minimum atomic E-state index is -0.300. The van der Waals surface area contributed by atoms with Crippen LogP contribution in [0.4, 0.5) is 0 Å². The van der Waals surface area contributed by atoms with Crippen LogP contribution in [0.2, 0.25) is 0 Å². The molecule has 0 spiro atoms. The molecule has 0 saturated carbocycles. The van der Waals surface area contributed by atoms with Crippen molar-refractivity contribution < 1.29 is 4.74 Å². The van der Waals surface area contributed by atoms with Crippen molar-refractivity contribution in [1.82, 2.24) is 4.98 Å². The van der Waals surface area contributed by atoms with E-state index in [1.54, 1.807) is 6.20 Å². The molecule has 0 aromatic carbocycles.